The Morgan fingerprint density at radius 3 is 2.58 bits per heavy atom. The van der Waals surface area contributed by atoms with Crippen LogP contribution >= 0.6 is 0 Å². The van der Waals surface area contributed by atoms with Crippen LogP contribution in [0.1, 0.15) is 12.5 Å². The van der Waals surface area contributed by atoms with Gasteiger partial charge in [0.05, 0.1) is 0 Å². The Morgan fingerprint density at radius 1 is 1.08 bits per heavy atom. The zero-order valence-electron chi connectivity index (χ0n) is 14.4. The third-order valence-corrected chi connectivity index (χ3v) is 4.60. The van der Waals surface area contributed by atoms with Crippen molar-refractivity contribution in [2.24, 2.45) is 0 Å². The Kier molecular flexibility index (Phi) is 4.24. The van der Waals surface area contributed by atoms with E-state index in [0.29, 0.717) is 18.0 Å². The summed E-state index contributed by atoms with van der Waals surface area (Å²) in [6.45, 7) is 2.02. The van der Waals surface area contributed by atoms with Crippen LogP contribution in [0.2, 0.25) is 0 Å². The number of nitrogens with zero attached hydrogens (tertiary/aromatic N) is 1. The number of anilines is 1. The summed E-state index contributed by atoms with van der Waals surface area (Å²) in [7, 11) is 0. The zero-order chi connectivity index (χ0) is 18.1. The Hall–Kier alpha value is -3.02. The first-order valence-electron chi connectivity index (χ1n) is 8.61. The van der Waals surface area contributed by atoms with Gasteiger partial charge >= 0.3 is 5.97 Å². The Balaban J connectivity index is 1.38. The highest BCUT2D eigenvalue weighted by molar-refractivity contribution is 5.97. The van der Waals surface area contributed by atoms with Gasteiger partial charge in [-0.05, 0) is 37.1 Å². The maximum atomic E-state index is 12.5. The number of benzene rings is 2. The van der Waals surface area contributed by atoms with Crippen molar-refractivity contribution in [2.45, 2.75) is 25.6 Å². The largest absolute Gasteiger partial charge is 0.482 e. The lowest BCUT2D eigenvalue weighted by Gasteiger charge is -2.30. The minimum absolute atomic E-state index is 0.243. The van der Waals surface area contributed by atoms with Gasteiger partial charge in [0, 0.05) is 12.2 Å². The Morgan fingerprint density at radius 2 is 1.77 bits per heavy atom. The van der Waals surface area contributed by atoms with Crippen molar-refractivity contribution in [3.63, 3.8) is 0 Å². The Labute approximate surface area is 151 Å². The van der Waals surface area contributed by atoms with E-state index in [0.717, 1.165) is 17.7 Å². The minimum atomic E-state index is -0.899. The topological polar surface area (TPSA) is 65.1 Å². The highest BCUT2D eigenvalue weighted by Gasteiger charge is 2.36. The highest BCUT2D eigenvalue weighted by atomic mass is 16.6. The normalized spacial score (nSPS) is 20.4. The number of carbonyl (C=O) groups excluding carboxylic acids is 2. The summed E-state index contributed by atoms with van der Waals surface area (Å²) < 4.78 is 16.6. The Bertz CT molecular complexity index is 850. The van der Waals surface area contributed by atoms with Gasteiger partial charge in [-0.2, -0.15) is 0 Å². The van der Waals surface area contributed by atoms with Crippen LogP contribution in [-0.4, -0.2) is 37.2 Å². The van der Waals surface area contributed by atoms with Gasteiger partial charge in [-0.1, -0.05) is 30.3 Å². The monoisotopic (exact) mass is 353 g/mol. The maximum Gasteiger partial charge on any atom is 0.351 e. The van der Waals surface area contributed by atoms with E-state index in [9.17, 15) is 9.59 Å². The number of rotatable bonds is 3. The van der Waals surface area contributed by atoms with Crippen molar-refractivity contribution in [1.29, 1.82) is 0 Å². The van der Waals surface area contributed by atoms with Crippen molar-refractivity contribution in [1.82, 2.24) is 0 Å². The molecular formula is C20H19NO5. The first-order valence-corrected chi connectivity index (χ1v) is 8.61. The predicted molar refractivity (Wildman–Crippen MR) is 94.4 cm³/mol. The van der Waals surface area contributed by atoms with Gasteiger partial charge < -0.3 is 19.1 Å². The van der Waals surface area contributed by atoms with Gasteiger partial charge in [0.15, 0.2) is 18.1 Å². The van der Waals surface area contributed by atoms with Crippen LogP contribution in [0.3, 0.4) is 0 Å². The van der Waals surface area contributed by atoms with Gasteiger partial charge in [0.25, 0.3) is 5.91 Å². The molecule has 0 saturated heterocycles. The van der Waals surface area contributed by atoms with Crippen molar-refractivity contribution in [3.05, 3.63) is 54.1 Å². The second-order valence-corrected chi connectivity index (χ2v) is 6.34. The summed E-state index contributed by atoms with van der Waals surface area (Å²) in [5, 5.41) is 0. The molecule has 6 heteroatoms. The van der Waals surface area contributed by atoms with Crippen molar-refractivity contribution < 1.29 is 23.8 Å². The number of hydrogen-bond donors (Lipinski definition) is 0. The molecule has 0 saturated carbocycles. The smallest absolute Gasteiger partial charge is 0.351 e. The van der Waals surface area contributed by atoms with Crippen molar-refractivity contribution in [2.75, 3.05) is 18.1 Å². The van der Waals surface area contributed by atoms with Crippen LogP contribution in [-0.2, 0) is 20.7 Å². The lowest BCUT2D eigenvalue weighted by Crippen LogP contribution is -2.45. The molecule has 0 radical (unpaired) electrons. The van der Waals surface area contributed by atoms with Gasteiger partial charge in [-0.3, -0.25) is 4.79 Å². The fraction of sp³-hybridized carbons (Fsp3) is 0.300. The molecule has 1 amide bonds. The molecule has 134 valence electrons. The summed E-state index contributed by atoms with van der Waals surface area (Å²) in [4.78, 5) is 26.5. The molecule has 2 aromatic carbocycles. The molecule has 2 heterocycles. The summed E-state index contributed by atoms with van der Waals surface area (Å²) >= 11 is 0. The first kappa shape index (κ1) is 16.4. The van der Waals surface area contributed by atoms with Crippen LogP contribution in [0.4, 0.5) is 5.69 Å². The number of esters is 1. The maximum absolute atomic E-state index is 12.5. The molecule has 0 spiro atoms. The molecule has 2 aliphatic heterocycles. The molecule has 2 aliphatic rings. The van der Waals surface area contributed by atoms with E-state index in [1.165, 1.54) is 0 Å². The van der Waals surface area contributed by atoms with E-state index in [-0.39, 0.29) is 12.5 Å². The molecule has 0 fully saturated rings. The molecule has 2 atom stereocenters. The SMILES string of the molecule is CC1Oc2ccccc2OC1C(=O)OCC(=O)N1CCc2ccccc21. The highest BCUT2D eigenvalue weighted by Crippen LogP contribution is 2.33. The fourth-order valence-electron chi connectivity index (χ4n) is 3.27. The molecule has 6 nitrogen and oxygen atoms in total. The molecule has 26 heavy (non-hydrogen) atoms. The quantitative estimate of drug-likeness (QED) is 0.793. The average Bonchev–Trinajstić information content (AvgIpc) is 3.09. The van der Waals surface area contributed by atoms with E-state index in [1.54, 1.807) is 30.0 Å². The summed E-state index contributed by atoms with van der Waals surface area (Å²) in [5.41, 5.74) is 2.01. The lowest BCUT2D eigenvalue weighted by atomic mass is 10.2. The lowest BCUT2D eigenvalue weighted by molar-refractivity contribution is -0.160. The number of fused-ring (bicyclic) bond motifs is 2. The van der Waals surface area contributed by atoms with Gasteiger partial charge in [0.1, 0.15) is 6.10 Å². The van der Waals surface area contributed by atoms with Crippen LogP contribution in [0.15, 0.2) is 48.5 Å². The van der Waals surface area contributed by atoms with E-state index >= 15 is 0 Å². The van der Waals surface area contributed by atoms with Crippen LogP contribution in [0.5, 0.6) is 11.5 Å². The summed E-state index contributed by atoms with van der Waals surface area (Å²) in [6, 6.07) is 14.9. The summed E-state index contributed by atoms with van der Waals surface area (Å²) in [6.07, 6.45) is -0.591. The van der Waals surface area contributed by atoms with Crippen LogP contribution < -0.4 is 14.4 Å². The van der Waals surface area contributed by atoms with E-state index in [4.69, 9.17) is 14.2 Å². The van der Waals surface area contributed by atoms with E-state index in [1.807, 2.05) is 30.3 Å². The van der Waals surface area contributed by atoms with Gasteiger partial charge in [-0.15, -0.1) is 0 Å². The molecule has 2 aromatic rings. The third kappa shape index (κ3) is 2.98. The number of ether oxygens (including phenoxy) is 3. The molecule has 4 rings (SSSR count). The molecule has 0 bridgehead atoms. The van der Waals surface area contributed by atoms with E-state index in [2.05, 4.69) is 0 Å². The predicted octanol–water partition coefficient (Wildman–Crippen LogP) is 2.35. The minimum Gasteiger partial charge on any atom is -0.482 e. The number of carbonyl (C=O) groups is 2. The molecule has 2 unspecified atom stereocenters. The molecule has 0 N–H and O–H groups in total. The molecular weight excluding hydrogens is 334 g/mol. The van der Waals surface area contributed by atoms with Gasteiger partial charge in [-0.25, -0.2) is 4.79 Å². The third-order valence-electron chi connectivity index (χ3n) is 4.60. The number of hydrogen-bond acceptors (Lipinski definition) is 5. The summed E-state index contributed by atoms with van der Waals surface area (Å²) in [5.74, 6) is 0.238. The average molecular weight is 353 g/mol. The second kappa shape index (κ2) is 6.71. The van der Waals surface area contributed by atoms with Crippen molar-refractivity contribution in [3.8, 4) is 11.5 Å². The standard InChI is InChI=1S/C20H19NO5/c1-13-19(26-17-9-5-4-8-16(17)25-13)20(23)24-12-18(22)21-11-10-14-6-2-3-7-15(14)21/h2-9,13,19H,10-12H2,1H3. The second-order valence-electron chi connectivity index (χ2n) is 6.34. The van der Waals surface area contributed by atoms with E-state index < -0.39 is 18.2 Å². The fourth-order valence-corrected chi connectivity index (χ4v) is 3.27. The number of amides is 1. The van der Waals surface area contributed by atoms with Gasteiger partial charge in [0.2, 0.25) is 6.10 Å². The van der Waals surface area contributed by atoms with Crippen molar-refractivity contribution >= 4 is 17.6 Å². The van der Waals surface area contributed by atoms with Crippen LogP contribution in [0, 0.1) is 0 Å². The van der Waals surface area contributed by atoms with Crippen LogP contribution in [0.25, 0.3) is 0 Å². The zero-order valence-corrected chi connectivity index (χ0v) is 14.4. The molecule has 0 aromatic heterocycles. The molecule has 0 aliphatic carbocycles. The number of para-hydroxylation sites is 3. The first-order chi connectivity index (χ1) is 12.6.